The van der Waals surface area contributed by atoms with Crippen LogP contribution in [0, 0.1) is 0 Å². The van der Waals surface area contributed by atoms with Gasteiger partial charge >= 0.3 is 0 Å². The van der Waals surface area contributed by atoms with Crippen molar-refractivity contribution in [2.24, 2.45) is 5.11 Å². The van der Waals surface area contributed by atoms with Crippen molar-refractivity contribution >= 4 is 0 Å². The van der Waals surface area contributed by atoms with Gasteiger partial charge in [0.15, 0.2) is 0 Å². The minimum absolute atomic E-state index is 0.204. The van der Waals surface area contributed by atoms with E-state index in [1.54, 1.807) is 0 Å². The highest BCUT2D eigenvalue weighted by atomic mass is 16.5. The van der Waals surface area contributed by atoms with E-state index in [0.717, 1.165) is 0 Å². The van der Waals surface area contributed by atoms with Crippen LogP contribution < -0.4 is 0 Å². The van der Waals surface area contributed by atoms with E-state index in [9.17, 15) is 5.11 Å². The number of nitrogens with zero attached hydrogens (tertiary/aromatic N) is 3. The Kier molecular flexibility index (Phi) is 3.31. The average molecular weight is 173 g/mol. The number of hydrogen-bond donors (Lipinski definition) is 2. The van der Waals surface area contributed by atoms with Crippen molar-refractivity contribution in [3.63, 3.8) is 0 Å². The zero-order valence-electron chi connectivity index (χ0n) is 6.50. The lowest BCUT2D eigenvalue weighted by Crippen LogP contribution is -2.42. The van der Waals surface area contributed by atoms with E-state index in [0.29, 0.717) is 6.42 Å². The molecular formula is C6H11N3O3. The number of azide groups is 1. The molecule has 1 aliphatic rings. The maximum atomic E-state index is 9.30. The Morgan fingerprint density at radius 3 is 2.92 bits per heavy atom. The monoisotopic (exact) mass is 173 g/mol. The molecule has 0 aromatic carbocycles. The van der Waals surface area contributed by atoms with Crippen molar-refractivity contribution in [3.8, 4) is 0 Å². The molecule has 0 bridgehead atoms. The van der Waals surface area contributed by atoms with Crippen LogP contribution in [0.3, 0.4) is 0 Å². The Balaban J connectivity index is 2.45. The lowest BCUT2D eigenvalue weighted by Gasteiger charge is -2.29. The molecule has 2 N–H and O–H groups in total. The molecule has 6 nitrogen and oxygen atoms in total. The summed E-state index contributed by atoms with van der Waals surface area (Å²) in [6.45, 7) is 0.0660. The number of aliphatic hydroxyl groups excluding tert-OH is 2. The highest BCUT2D eigenvalue weighted by molar-refractivity contribution is 4.81. The predicted octanol–water partition coefficient (Wildman–Crippen LogP) is -0.193. The fourth-order valence-corrected chi connectivity index (χ4v) is 1.17. The highest BCUT2D eigenvalue weighted by Crippen LogP contribution is 2.16. The normalized spacial score (nSPS) is 35.7. The summed E-state index contributed by atoms with van der Waals surface area (Å²) in [6.07, 6.45) is -0.913. The minimum Gasteiger partial charge on any atom is -0.394 e. The molecule has 12 heavy (non-hydrogen) atoms. The lowest BCUT2D eigenvalue weighted by molar-refractivity contribution is -0.101. The Labute approximate surface area is 69.4 Å². The molecule has 1 aliphatic heterocycles. The van der Waals surface area contributed by atoms with E-state index in [4.69, 9.17) is 15.4 Å². The van der Waals surface area contributed by atoms with Crippen molar-refractivity contribution < 1.29 is 14.9 Å². The van der Waals surface area contributed by atoms with Crippen molar-refractivity contribution in [3.05, 3.63) is 10.4 Å². The number of hydrogen-bond acceptors (Lipinski definition) is 4. The van der Waals surface area contributed by atoms with Gasteiger partial charge < -0.3 is 14.9 Å². The van der Waals surface area contributed by atoms with Gasteiger partial charge in [-0.3, -0.25) is 0 Å². The first kappa shape index (κ1) is 9.28. The quantitative estimate of drug-likeness (QED) is 0.344. The van der Waals surface area contributed by atoms with Crippen LogP contribution in [0.25, 0.3) is 10.4 Å². The lowest BCUT2D eigenvalue weighted by atomic mass is 10.0. The van der Waals surface area contributed by atoms with E-state index in [-0.39, 0.29) is 19.3 Å². The van der Waals surface area contributed by atoms with Gasteiger partial charge in [0.1, 0.15) is 6.10 Å². The zero-order chi connectivity index (χ0) is 8.97. The second-order valence-electron chi connectivity index (χ2n) is 2.72. The van der Waals surface area contributed by atoms with E-state index in [2.05, 4.69) is 10.0 Å². The fourth-order valence-electron chi connectivity index (χ4n) is 1.17. The van der Waals surface area contributed by atoms with Gasteiger partial charge in [0.05, 0.1) is 25.4 Å². The van der Waals surface area contributed by atoms with Gasteiger partial charge in [-0.15, -0.1) is 0 Å². The third-order valence-corrected chi connectivity index (χ3v) is 1.84. The molecule has 0 aromatic rings. The van der Waals surface area contributed by atoms with Gasteiger partial charge in [0.2, 0.25) is 0 Å². The fraction of sp³-hybridized carbons (Fsp3) is 1.00. The molecule has 0 radical (unpaired) electrons. The summed E-state index contributed by atoms with van der Waals surface area (Å²) in [5, 5.41) is 21.4. The predicted molar refractivity (Wildman–Crippen MR) is 40.4 cm³/mol. The molecule has 0 aliphatic carbocycles. The molecule has 68 valence electrons. The SMILES string of the molecule is [N-]=[N+]=N[C@@H]1CO[C@H](CO)[C@@H](O)C1. The van der Waals surface area contributed by atoms with Crippen LogP contribution in [0.1, 0.15) is 6.42 Å². The Morgan fingerprint density at radius 1 is 1.67 bits per heavy atom. The molecule has 0 saturated carbocycles. The Bertz CT molecular complexity index is 192. The summed E-state index contributed by atoms with van der Waals surface area (Å²) >= 11 is 0. The first-order valence-electron chi connectivity index (χ1n) is 3.72. The molecule has 1 fully saturated rings. The Morgan fingerprint density at radius 2 is 2.42 bits per heavy atom. The summed E-state index contributed by atoms with van der Waals surface area (Å²) in [4.78, 5) is 2.62. The maximum absolute atomic E-state index is 9.30. The van der Waals surface area contributed by atoms with Crippen molar-refractivity contribution in [2.45, 2.75) is 24.7 Å². The molecule has 0 amide bonds. The zero-order valence-corrected chi connectivity index (χ0v) is 6.50. The molecular weight excluding hydrogens is 162 g/mol. The van der Waals surface area contributed by atoms with Crippen LogP contribution in [0.4, 0.5) is 0 Å². The first-order valence-corrected chi connectivity index (χ1v) is 3.72. The van der Waals surface area contributed by atoms with Crippen LogP contribution in [-0.4, -0.2) is 41.7 Å². The topological polar surface area (TPSA) is 98.5 Å². The van der Waals surface area contributed by atoms with Crippen LogP contribution in [-0.2, 0) is 4.74 Å². The number of ether oxygens (including phenoxy) is 1. The smallest absolute Gasteiger partial charge is 0.106 e. The minimum atomic E-state index is -0.737. The van der Waals surface area contributed by atoms with Crippen LogP contribution in [0.2, 0.25) is 0 Å². The standard InChI is InChI=1S/C6H11N3O3/c7-9-8-4-1-5(11)6(2-10)12-3-4/h4-6,10-11H,1-3H2/t4-,5-,6+/m0/s1. The van der Waals surface area contributed by atoms with Gasteiger partial charge in [0.25, 0.3) is 0 Å². The van der Waals surface area contributed by atoms with E-state index in [1.807, 2.05) is 0 Å². The largest absolute Gasteiger partial charge is 0.394 e. The number of aliphatic hydroxyl groups is 2. The van der Waals surface area contributed by atoms with Crippen molar-refractivity contribution in [1.82, 2.24) is 0 Å². The molecule has 0 spiro atoms. The van der Waals surface area contributed by atoms with E-state index in [1.165, 1.54) is 0 Å². The summed E-state index contributed by atoms with van der Waals surface area (Å²) in [6, 6.07) is -0.312. The summed E-state index contributed by atoms with van der Waals surface area (Å²) < 4.78 is 5.04. The highest BCUT2D eigenvalue weighted by Gasteiger charge is 2.28. The molecule has 1 rings (SSSR count). The van der Waals surface area contributed by atoms with Gasteiger partial charge in [-0.05, 0) is 12.0 Å². The van der Waals surface area contributed by atoms with Crippen LogP contribution >= 0.6 is 0 Å². The molecule has 0 aromatic heterocycles. The molecule has 1 heterocycles. The third-order valence-electron chi connectivity index (χ3n) is 1.84. The van der Waals surface area contributed by atoms with Crippen molar-refractivity contribution in [2.75, 3.05) is 13.2 Å². The maximum Gasteiger partial charge on any atom is 0.106 e. The van der Waals surface area contributed by atoms with Gasteiger partial charge in [-0.1, -0.05) is 5.11 Å². The number of rotatable bonds is 2. The Hall–Kier alpha value is -0.810. The van der Waals surface area contributed by atoms with E-state index < -0.39 is 12.2 Å². The first-order chi connectivity index (χ1) is 5.77. The van der Waals surface area contributed by atoms with E-state index >= 15 is 0 Å². The summed E-state index contributed by atoms with van der Waals surface area (Å²) in [5.74, 6) is 0. The average Bonchev–Trinajstić information content (AvgIpc) is 2.05. The van der Waals surface area contributed by atoms with Gasteiger partial charge in [-0.25, -0.2) is 0 Å². The third kappa shape index (κ3) is 2.09. The van der Waals surface area contributed by atoms with Crippen LogP contribution in [0.15, 0.2) is 5.11 Å². The molecule has 0 unspecified atom stereocenters. The molecule has 6 heteroatoms. The molecule has 3 atom stereocenters. The summed E-state index contributed by atoms with van der Waals surface area (Å²) in [5.41, 5.74) is 8.10. The van der Waals surface area contributed by atoms with Gasteiger partial charge in [0, 0.05) is 4.91 Å². The second kappa shape index (κ2) is 4.27. The van der Waals surface area contributed by atoms with Crippen LogP contribution in [0.5, 0.6) is 0 Å². The second-order valence-corrected chi connectivity index (χ2v) is 2.72. The van der Waals surface area contributed by atoms with Crippen molar-refractivity contribution in [1.29, 1.82) is 0 Å². The van der Waals surface area contributed by atoms with Gasteiger partial charge in [-0.2, -0.15) is 0 Å². The summed E-state index contributed by atoms with van der Waals surface area (Å²) in [7, 11) is 0. The molecule has 1 saturated heterocycles.